The van der Waals surface area contributed by atoms with Crippen LogP contribution < -0.4 is 16.3 Å². The van der Waals surface area contributed by atoms with E-state index in [0.29, 0.717) is 5.69 Å². The van der Waals surface area contributed by atoms with Crippen LogP contribution >= 0.6 is 12.2 Å². The van der Waals surface area contributed by atoms with E-state index in [1.54, 1.807) is 15.6 Å². The van der Waals surface area contributed by atoms with Crippen LogP contribution in [0, 0.1) is 6.92 Å². The van der Waals surface area contributed by atoms with Gasteiger partial charge in [0.25, 0.3) is 5.56 Å². The van der Waals surface area contributed by atoms with Gasteiger partial charge >= 0.3 is 0 Å². The lowest BCUT2D eigenvalue weighted by Gasteiger charge is -2.07. The van der Waals surface area contributed by atoms with Crippen LogP contribution in [0.25, 0.3) is 5.69 Å². The fourth-order valence-electron chi connectivity index (χ4n) is 2.56. The van der Waals surface area contributed by atoms with E-state index < -0.39 is 0 Å². The highest BCUT2D eigenvalue weighted by atomic mass is 32.1. The molecule has 6 nitrogen and oxygen atoms in total. The van der Waals surface area contributed by atoms with E-state index in [9.17, 15) is 4.79 Å². The molecule has 0 saturated carbocycles. The number of anilines is 1. The summed E-state index contributed by atoms with van der Waals surface area (Å²) >= 11 is 5.25. The molecule has 3 rings (SSSR count). The molecule has 0 aliphatic carbocycles. The van der Waals surface area contributed by atoms with Crippen molar-refractivity contribution in [2.75, 3.05) is 5.32 Å². The molecule has 0 saturated heterocycles. The van der Waals surface area contributed by atoms with Gasteiger partial charge in [-0.05, 0) is 36.8 Å². The number of thiocarbonyl (C=S) groups is 1. The van der Waals surface area contributed by atoms with Gasteiger partial charge in [-0.2, -0.15) is 5.10 Å². The summed E-state index contributed by atoms with van der Waals surface area (Å²) in [5.74, 6) is 0. The number of nitrogens with one attached hydrogen (secondary N) is 2. The van der Waals surface area contributed by atoms with E-state index >= 15 is 0 Å². The number of hydrogen-bond acceptors (Lipinski definition) is 3. The molecule has 0 atom stereocenters. The first-order valence-corrected chi connectivity index (χ1v) is 8.48. The van der Waals surface area contributed by atoms with Crippen molar-refractivity contribution in [3.05, 3.63) is 82.3 Å². The van der Waals surface area contributed by atoms with E-state index in [-0.39, 0.29) is 10.7 Å². The van der Waals surface area contributed by atoms with Crippen LogP contribution in [0.15, 0.2) is 70.6 Å². The maximum atomic E-state index is 12.8. The Morgan fingerprint density at radius 1 is 1.08 bits per heavy atom. The van der Waals surface area contributed by atoms with Crippen LogP contribution in [0.2, 0.25) is 0 Å². The van der Waals surface area contributed by atoms with Crippen LogP contribution in [0.3, 0.4) is 0 Å². The number of hydrazone groups is 1. The minimum atomic E-state index is -0.174. The van der Waals surface area contributed by atoms with Crippen LogP contribution in [-0.4, -0.2) is 20.7 Å². The van der Waals surface area contributed by atoms with Crippen LogP contribution in [0.5, 0.6) is 0 Å². The Kier molecular flexibility index (Phi) is 5.28. The minimum Gasteiger partial charge on any atom is -0.325 e. The van der Waals surface area contributed by atoms with Crippen molar-refractivity contribution in [3.63, 3.8) is 0 Å². The molecule has 0 unspecified atom stereocenters. The van der Waals surface area contributed by atoms with E-state index in [0.717, 1.165) is 16.9 Å². The van der Waals surface area contributed by atoms with Gasteiger partial charge in [-0.25, -0.2) is 4.68 Å². The monoisotopic (exact) mass is 365 g/mol. The summed E-state index contributed by atoms with van der Waals surface area (Å²) < 4.78 is 3.38. The van der Waals surface area contributed by atoms with Crippen molar-refractivity contribution in [1.29, 1.82) is 0 Å². The van der Waals surface area contributed by atoms with Gasteiger partial charge < -0.3 is 5.32 Å². The van der Waals surface area contributed by atoms with Crippen molar-refractivity contribution < 1.29 is 0 Å². The van der Waals surface area contributed by atoms with Gasteiger partial charge in [0, 0.05) is 7.05 Å². The maximum absolute atomic E-state index is 12.8. The van der Waals surface area contributed by atoms with E-state index in [1.807, 2.05) is 74.6 Å². The number of para-hydroxylation sites is 1. The number of benzene rings is 2. The smallest absolute Gasteiger partial charge is 0.295 e. The van der Waals surface area contributed by atoms with Gasteiger partial charge in [0.05, 0.1) is 17.6 Å². The van der Waals surface area contributed by atoms with Gasteiger partial charge in [0.1, 0.15) is 5.69 Å². The molecule has 7 heteroatoms. The topological polar surface area (TPSA) is 63.4 Å². The molecule has 0 fully saturated rings. The van der Waals surface area contributed by atoms with E-state index in [1.165, 1.54) is 0 Å². The third-order valence-electron chi connectivity index (χ3n) is 3.97. The third kappa shape index (κ3) is 3.73. The molecule has 0 amide bonds. The largest absolute Gasteiger partial charge is 0.325 e. The van der Waals surface area contributed by atoms with Crippen molar-refractivity contribution in [3.8, 4) is 5.69 Å². The van der Waals surface area contributed by atoms with Gasteiger partial charge in [0.2, 0.25) is 0 Å². The highest BCUT2D eigenvalue weighted by Gasteiger charge is 2.16. The minimum absolute atomic E-state index is 0.174. The molecule has 2 N–H and O–H groups in total. The molecule has 0 bridgehead atoms. The molecule has 0 radical (unpaired) electrons. The average molecular weight is 365 g/mol. The molecular weight excluding hydrogens is 346 g/mol. The maximum Gasteiger partial charge on any atom is 0.295 e. The predicted molar refractivity (Wildman–Crippen MR) is 109 cm³/mol. The fraction of sp³-hybridized carbons (Fsp3) is 0.105. The molecule has 1 aromatic heterocycles. The van der Waals surface area contributed by atoms with Gasteiger partial charge in [-0.3, -0.25) is 14.9 Å². The Morgan fingerprint density at radius 3 is 2.35 bits per heavy atom. The highest BCUT2D eigenvalue weighted by Crippen LogP contribution is 2.13. The molecule has 132 valence electrons. The lowest BCUT2D eigenvalue weighted by Crippen LogP contribution is -2.28. The highest BCUT2D eigenvalue weighted by molar-refractivity contribution is 7.80. The predicted octanol–water partition coefficient (Wildman–Crippen LogP) is 2.80. The normalized spacial score (nSPS) is 10.8. The van der Waals surface area contributed by atoms with Gasteiger partial charge in [0.15, 0.2) is 5.11 Å². The first-order chi connectivity index (χ1) is 12.6. The lowest BCUT2D eigenvalue weighted by molar-refractivity contribution is 0.630. The summed E-state index contributed by atoms with van der Waals surface area (Å²) in [6.07, 6.45) is 1.66. The summed E-state index contributed by atoms with van der Waals surface area (Å²) in [5, 5.41) is 7.29. The van der Waals surface area contributed by atoms with Crippen LogP contribution in [0.4, 0.5) is 5.69 Å². The van der Waals surface area contributed by atoms with Crippen molar-refractivity contribution in [1.82, 2.24) is 14.8 Å². The average Bonchev–Trinajstić information content (AvgIpc) is 2.87. The van der Waals surface area contributed by atoms with Crippen molar-refractivity contribution >= 4 is 29.2 Å². The van der Waals surface area contributed by atoms with Crippen molar-refractivity contribution in [2.24, 2.45) is 12.1 Å². The lowest BCUT2D eigenvalue weighted by atomic mass is 10.2. The quantitative estimate of drug-likeness (QED) is 0.424. The standard InChI is InChI=1S/C19H19N5OS/c1-14-17(18(25)24(23(14)2)16-11-7-4-8-12-16)21-19(26)22-20-13-15-9-5-3-6-10-15/h3-13H,1-2H3,(H2,21,22,26). The first-order valence-electron chi connectivity index (χ1n) is 8.07. The summed E-state index contributed by atoms with van der Waals surface area (Å²) in [7, 11) is 1.83. The fourth-order valence-corrected chi connectivity index (χ4v) is 2.71. The number of rotatable bonds is 4. The number of hydrogen-bond donors (Lipinski definition) is 2. The Bertz CT molecular complexity index is 990. The molecule has 0 aliphatic heterocycles. The Morgan fingerprint density at radius 2 is 1.69 bits per heavy atom. The van der Waals surface area contributed by atoms with Gasteiger partial charge in [-0.15, -0.1) is 0 Å². The first kappa shape index (κ1) is 17.6. The zero-order valence-corrected chi connectivity index (χ0v) is 15.3. The molecule has 1 heterocycles. The van der Waals surface area contributed by atoms with Crippen LogP contribution in [0.1, 0.15) is 11.3 Å². The Balaban J connectivity index is 1.77. The molecule has 26 heavy (non-hydrogen) atoms. The molecular formula is C19H19N5OS. The molecule has 2 aromatic carbocycles. The number of nitrogens with zero attached hydrogens (tertiary/aromatic N) is 3. The second-order valence-corrected chi connectivity index (χ2v) is 6.08. The summed E-state index contributed by atoms with van der Waals surface area (Å²) in [6, 6.07) is 19.1. The third-order valence-corrected chi connectivity index (χ3v) is 4.17. The van der Waals surface area contributed by atoms with Crippen LogP contribution in [-0.2, 0) is 7.05 Å². The molecule has 0 spiro atoms. The Hall–Kier alpha value is -3.19. The zero-order chi connectivity index (χ0) is 18.5. The zero-order valence-electron chi connectivity index (χ0n) is 14.5. The number of aromatic nitrogens is 2. The molecule has 0 aliphatic rings. The SMILES string of the molecule is Cc1c(NC(=S)NN=Cc2ccccc2)c(=O)n(-c2ccccc2)n1C. The second-order valence-electron chi connectivity index (χ2n) is 5.67. The molecule has 3 aromatic rings. The van der Waals surface area contributed by atoms with Crippen molar-refractivity contribution in [2.45, 2.75) is 6.92 Å². The van der Waals surface area contributed by atoms with E-state index in [2.05, 4.69) is 15.8 Å². The van der Waals surface area contributed by atoms with E-state index in [4.69, 9.17) is 12.2 Å². The summed E-state index contributed by atoms with van der Waals surface area (Å²) in [6.45, 7) is 1.86. The summed E-state index contributed by atoms with van der Waals surface area (Å²) in [4.78, 5) is 12.8. The summed E-state index contributed by atoms with van der Waals surface area (Å²) in [5.41, 5.74) is 5.49. The van der Waals surface area contributed by atoms with Gasteiger partial charge in [-0.1, -0.05) is 48.5 Å². The second kappa shape index (κ2) is 7.79. The Labute approximate surface area is 156 Å².